The Labute approximate surface area is 153 Å². The fourth-order valence-corrected chi connectivity index (χ4v) is 3.64. The van der Waals surface area contributed by atoms with Gasteiger partial charge in [-0.1, -0.05) is 12.1 Å². The number of fused-ring (bicyclic) bond motifs is 1. The summed E-state index contributed by atoms with van der Waals surface area (Å²) in [5, 5.41) is 5.89. The number of ether oxygens (including phenoxy) is 1. The number of rotatable bonds is 5. The molecule has 2 aromatic rings. The molecule has 1 aromatic carbocycles. The van der Waals surface area contributed by atoms with E-state index in [1.807, 2.05) is 24.3 Å². The van der Waals surface area contributed by atoms with Gasteiger partial charge in [0.2, 0.25) is 0 Å². The number of nitrogens with zero attached hydrogens (tertiary/aromatic N) is 2. The summed E-state index contributed by atoms with van der Waals surface area (Å²) in [6.45, 7) is 3.92. The van der Waals surface area contributed by atoms with Crippen molar-refractivity contribution < 1.29 is 13.9 Å². The van der Waals surface area contributed by atoms with Crippen LogP contribution in [0.15, 0.2) is 28.7 Å². The summed E-state index contributed by atoms with van der Waals surface area (Å²) in [4.78, 5) is 18.7. The molecule has 1 atom stereocenters. The van der Waals surface area contributed by atoms with E-state index >= 15 is 0 Å². The molecule has 2 fully saturated rings. The highest BCUT2D eigenvalue weighted by Crippen LogP contribution is 2.26. The first-order valence-electron chi connectivity index (χ1n) is 9.52. The molecule has 1 aromatic heterocycles. The third kappa shape index (κ3) is 4.09. The predicted molar refractivity (Wildman–Crippen MR) is 99.3 cm³/mol. The number of oxazole rings is 1. The summed E-state index contributed by atoms with van der Waals surface area (Å²) in [5.41, 5.74) is 1.73. The molecule has 0 saturated carbocycles. The molecule has 2 amide bonds. The first-order chi connectivity index (χ1) is 12.8. The van der Waals surface area contributed by atoms with Crippen LogP contribution in [0.1, 0.15) is 25.7 Å². The van der Waals surface area contributed by atoms with Crippen LogP contribution in [-0.4, -0.2) is 49.9 Å². The Hall–Kier alpha value is -2.28. The molecule has 26 heavy (non-hydrogen) atoms. The first-order valence-corrected chi connectivity index (χ1v) is 9.52. The van der Waals surface area contributed by atoms with Gasteiger partial charge in [-0.2, -0.15) is 4.98 Å². The second-order valence-corrected chi connectivity index (χ2v) is 7.12. The van der Waals surface area contributed by atoms with Crippen molar-refractivity contribution in [2.24, 2.45) is 5.92 Å². The van der Waals surface area contributed by atoms with Gasteiger partial charge in [0.25, 0.3) is 6.01 Å². The number of carbonyl (C=O) groups is 1. The Morgan fingerprint density at radius 2 is 1.96 bits per heavy atom. The van der Waals surface area contributed by atoms with E-state index in [1.54, 1.807) is 0 Å². The Bertz CT molecular complexity index is 700. The Morgan fingerprint density at radius 3 is 2.73 bits per heavy atom. The maximum atomic E-state index is 11.9. The third-order valence-electron chi connectivity index (χ3n) is 5.23. The second-order valence-electron chi connectivity index (χ2n) is 7.12. The minimum Gasteiger partial charge on any atom is -0.423 e. The average Bonchev–Trinajstić information content (AvgIpc) is 3.34. The van der Waals surface area contributed by atoms with E-state index in [0.29, 0.717) is 25.0 Å². The SMILES string of the molecule is O=C(NCC1CCN(c2nc3ccccc3o2)CC1)NC[C@@H]1CCCO1. The van der Waals surface area contributed by atoms with Gasteiger partial charge < -0.3 is 24.7 Å². The molecule has 7 heteroatoms. The van der Waals surface area contributed by atoms with Gasteiger partial charge in [0, 0.05) is 32.8 Å². The van der Waals surface area contributed by atoms with Gasteiger partial charge >= 0.3 is 6.03 Å². The number of anilines is 1. The number of nitrogens with one attached hydrogen (secondary N) is 2. The number of amides is 2. The Morgan fingerprint density at radius 1 is 1.15 bits per heavy atom. The van der Waals surface area contributed by atoms with Gasteiger partial charge in [0.1, 0.15) is 5.52 Å². The number of hydrogen-bond donors (Lipinski definition) is 2. The summed E-state index contributed by atoms with van der Waals surface area (Å²) in [6.07, 6.45) is 4.34. The van der Waals surface area contributed by atoms with Crippen molar-refractivity contribution in [3.8, 4) is 0 Å². The highest BCUT2D eigenvalue weighted by molar-refractivity contribution is 5.74. The maximum absolute atomic E-state index is 11.9. The predicted octanol–water partition coefficient (Wildman–Crippen LogP) is 2.52. The smallest absolute Gasteiger partial charge is 0.314 e. The van der Waals surface area contributed by atoms with Crippen LogP contribution in [0.5, 0.6) is 0 Å². The topological polar surface area (TPSA) is 79.6 Å². The zero-order valence-electron chi connectivity index (χ0n) is 14.9. The van der Waals surface area contributed by atoms with Crippen LogP contribution in [0.2, 0.25) is 0 Å². The van der Waals surface area contributed by atoms with E-state index in [0.717, 1.165) is 56.5 Å². The number of piperidine rings is 1. The molecule has 2 aliphatic rings. The molecule has 2 saturated heterocycles. The van der Waals surface area contributed by atoms with Gasteiger partial charge in [0.15, 0.2) is 5.58 Å². The lowest BCUT2D eigenvalue weighted by atomic mass is 9.97. The molecule has 4 rings (SSSR count). The fraction of sp³-hybridized carbons (Fsp3) is 0.579. The summed E-state index contributed by atoms with van der Waals surface area (Å²) >= 11 is 0. The molecule has 3 heterocycles. The standard InChI is InChI=1S/C19H26N4O3/c24-18(21-13-15-4-3-11-25-15)20-12-14-7-9-23(10-8-14)19-22-16-5-1-2-6-17(16)26-19/h1-2,5-6,14-15H,3-4,7-13H2,(H2,20,21,24)/t15-/m0/s1. The van der Waals surface area contributed by atoms with E-state index < -0.39 is 0 Å². The molecule has 7 nitrogen and oxygen atoms in total. The van der Waals surface area contributed by atoms with Crippen molar-refractivity contribution in [1.29, 1.82) is 0 Å². The number of benzene rings is 1. The van der Waals surface area contributed by atoms with E-state index in [9.17, 15) is 4.79 Å². The Balaban J connectivity index is 1.19. The normalized spacial score (nSPS) is 21.2. The lowest BCUT2D eigenvalue weighted by molar-refractivity contribution is 0.111. The number of carbonyl (C=O) groups excluding carboxylic acids is 1. The molecule has 2 N–H and O–H groups in total. The Kier molecular flexibility index (Phi) is 5.24. The van der Waals surface area contributed by atoms with Crippen molar-refractivity contribution in [1.82, 2.24) is 15.6 Å². The molecule has 0 bridgehead atoms. The zero-order valence-corrected chi connectivity index (χ0v) is 14.9. The van der Waals surface area contributed by atoms with E-state index in [-0.39, 0.29) is 12.1 Å². The molecule has 0 aliphatic carbocycles. The van der Waals surface area contributed by atoms with Gasteiger partial charge in [-0.25, -0.2) is 4.79 Å². The summed E-state index contributed by atoms with van der Waals surface area (Å²) in [5.74, 6) is 0.490. The van der Waals surface area contributed by atoms with Gasteiger partial charge in [-0.05, 0) is 43.7 Å². The van der Waals surface area contributed by atoms with E-state index in [4.69, 9.17) is 9.15 Å². The summed E-state index contributed by atoms with van der Waals surface area (Å²) in [7, 11) is 0. The molecular weight excluding hydrogens is 332 g/mol. The van der Waals surface area contributed by atoms with Crippen molar-refractivity contribution in [3.63, 3.8) is 0 Å². The van der Waals surface area contributed by atoms with E-state index in [1.165, 1.54) is 0 Å². The highest BCUT2D eigenvalue weighted by Gasteiger charge is 2.23. The van der Waals surface area contributed by atoms with E-state index in [2.05, 4.69) is 20.5 Å². The third-order valence-corrected chi connectivity index (χ3v) is 5.23. The highest BCUT2D eigenvalue weighted by atomic mass is 16.5. The number of para-hydroxylation sites is 2. The number of aromatic nitrogens is 1. The molecule has 2 aliphatic heterocycles. The van der Waals surface area contributed by atoms with Gasteiger partial charge in [0.05, 0.1) is 6.10 Å². The molecule has 0 spiro atoms. The molecule has 0 radical (unpaired) electrons. The molecule has 140 valence electrons. The molecule has 0 unspecified atom stereocenters. The zero-order chi connectivity index (χ0) is 17.8. The van der Waals surface area contributed by atoms with Crippen molar-refractivity contribution in [2.45, 2.75) is 31.8 Å². The largest absolute Gasteiger partial charge is 0.423 e. The van der Waals surface area contributed by atoms with Crippen LogP contribution < -0.4 is 15.5 Å². The van der Waals surface area contributed by atoms with Crippen LogP contribution in [0, 0.1) is 5.92 Å². The summed E-state index contributed by atoms with van der Waals surface area (Å²) < 4.78 is 11.4. The first kappa shape index (κ1) is 17.1. The average molecular weight is 358 g/mol. The minimum absolute atomic E-state index is 0.0955. The van der Waals surface area contributed by atoms with Crippen molar-refractivity contribution in [2.75, 3.05) is 37.7 Å². The molecular formula is C19H26N4O3. The van der Waals surface area contributed by atoms with Crippen LogP contribution in [-0.2, 0) is 4.74 Å². The fourth-order valence-electron chi connectivity index (χ4n) is 3.64. The second kappa shape index (κ2) is 7.95. The monoisotopic (exact) mass is 358 g/mol. The van der Waals surface area contributed by atoms with Crippen LogP contribution in [0.4, 0.5) is 10.8 Å². The quantitative estimate of drug-likeness (QED) is 0.859. The van der Waals surface area contributed by atoms with Gasteiger partial charge in [-0.15, -0.1) is 0 Å². The number of hydrogen-bond acceptors (Lipinski definition) is 5. The number of urea groups is 1. The van der Waals surface area contributed by atoms with Crippen LogP contribution >= 0.6 is 0 Å². The summed E-state index contributed by atoms with van der Waals surface area (Å²) in [6, 6.07) is 8.44. The van der Waals surface area contributed by atoms with Gasteiger partial charge in [-0.3, -0.25) is 0 Å². The lowest BCUT2D eigenvalue weighted by Gasteiger charge is -2.30. The van der Waals surface area contributed by atoms with Crippen LogP contribution in [0.25, 0.3) is 11.1 Å². The maximum Gasteiger partial charge on any atom is 0.314 e. The lowest BCUT2D eigenvalue weighted by Crippen LogP contribution is -2.43. The van der Waals surface area contributed by atoms with Crippen molar-refractivity contribution >= 4 is 23.1 Å². The van der Waals surface area contributed by atoms with Crippen LogP contribution in [0.3, 0.4) is 0 Å². The van der Waals surface area contributed by atoms with Crippen molar-refractivity contribution in [3.05, 3.63) is 24.3 Å². The minimum atomic E-state index is -0.0955.